The summed E-state index contributed by atoms with van der Waals surface area (Å²) in [4.78, 5) is 4.22. The number of allylic oxidation sites excluding steroid dienone is 1. The first-order valence-corrected chi connectivity index (χ1v) is 10.9. The third-order valence-corrected chi connectivity index (χ3v) is 6.68. The van der Waals surface area contributed by atoms with Crippen molar-refractivity contribution in [3.8, 4) is 0 Å². The van der Waals surface area contributed by atoms with E-state index in [0.29, 0.717) is 30.0 Å². The highest BCUT2D eigenvalue weighted by atomic mass is 32.2. The molecular formula is C18H25FN4O2S. The Morgan fingerprint density at radius 1 is 1.38 bits per heavy atom. The molecule has 3 rings (SSSR count). The van der Waals surface area contributed by atoms with Crippen LogP contribution < -0.4 is 5.32 Å². The predicted molar refractivity (Wildman–Crippen MR) is 101 cm³/mol. The van der Waals surface area contributed by atoms with Crippen molar-refractivity contribution < 1.29 is 12.8 Å². The molecule has 26 heavy (non-hydrogen) atoms. The van der Waals surface area contributed by atoms with Crippen LogP contribution in [0.5, 0.6) is 0 Å². The largest absolute Gasteiger partial charge is 0.350 e. The van der Waals surface area contributed by atoms with Crippen molar-refractivity contribution in [3.63, 3.8) is 0 Å². The Bertz CT molecular complexity index is 915. The van der Waals surface area contributed by atoms with Crippen LogP contribution in [0, 0.1) is 5.82 Å². The zero-order valence-electron chi connectivity index (χ0n) is 15.2. The van der Waals surface area contributed by atoms with E-state index in [1.807, 2.05) is 6.92 Å². The Morgan fingerprint density at radius 2 is 2.08 bits per heavy atom. The molecule has 0 amide bonds. The van der Waals surface area contributed by atoms with E-state index in [9.17, 15) is 12.8 Å². The van der Waals surface area contributed by atoms with Gasteiger partial charge >= 0.3 is 0 Å². The molecule has 1 N–H and O–H groups in total. The Hall–Kier alpha value is -1.96. The van der Waals surface area contributed by atoms with Gasteiger partial charge in [0.05, 0.1) is 17.1 Å². The topological polar surface area (TPSA) is 76.4 Å². The molecule has 0 spiro atoms. The molecule has 1 saturated carbocycles. The number of hydrogen-bond acceptors (Lipinski definition) is 5. The van der Waals surface area contributed by atoms with Crippen molar-refractivity contribution in [2.75, 3.05) is 11.6 Å². The lowest BCUT2D eigenvalue weighted by atomic mass is 9.95. The molecule has 0 aliphatic heterocycles. The maximum absolute atomic E-state index is 14.1. The standard InChI is InChI=1S/C18H25FN4O2S/c1-4-5-12(2)16-10-15(19)17-11-20-18(22-23(16)17)21-13-6-8-14(9-7-13)26(3,24)25/h10-11,13-14H,2,4-9H2,1,3H3,(H,21,22). The molecule has 0 bridgehead atoms. The van der Waals surface area contributed by atoms with Gasteiger partial charge in [-0.1, -0.05) is 19.9 Å². The monoisotopic (exact) mass is 380 g/mol. The summed E-state index contributed by atoms with van der Waals surface area (Å²) in [5, 5.41) is 7.44. The molecule has 0 radical (unpaired) electrons. The molecular weight excluding hydrogens is 355 g/mol. The average molecular weight is 380 g/mol. The van der Waals surface area contributed by atoms with Gasteiger partial charge in [-0.25, -0.2) is 22.3 Å². The smallest absolute Gasteiger partial charge is 0.241 e. The van der Waals surface area contributed by atoms with E-state index in [-0.39, 0.29) is 17.1 Å². The molecule has 6 nitrogen and oxygen atoms in total. The molecule has 1 fully saturated rings. The second-order valence-corrected chi connectivity index (χ2v) is 9.38. The van der Waals surface area contributed by atoms with Crippen molar-refractivity contribution in [2.45, 2.75) is 56.7 Å². The summed E-state index contributed by atoms with van der Waals surface area (Å²) in [6.45, 7) is 6.08. The predicted octanol–water partition coefficient (Wildman–Crippen LogP) is 3.45. The normalized spacial score (nSPS) is 21.0. The van der Waals surface area contributed by atoms with E-state index in [0.717, 1.165) is 31.3 Å². The molecule has 0 saturated heterocycles. The Labute approximate surface area is 153 Å². The van der Waals surface area contributed by atoms with Gasteiger partial charge in [-0.05, 0) is 37.7 Å². The number of anilines is 1. The van der Waals surface area contributed by atoms with Crippen LogP contribution in [0.25, 0.3) is 11.1 Å². The Balaban J connectivity index is 1.77. The maximum Gasteiger partial charge on any atom is 0.241 e. The fourth-order valence-corrected chi connectivity index (χ4v) is 4.65. The minimum atomic E-state index is -2.98. The lowest BCUT2D eigenvalue weighted by Crippen LogP contribution is -2.32. The fraction of sp³-hybridized carbons (Fsp3) is 0.556. The van der Waals surface area contributed by atoms with Gasteiger partial charge in [0.1, 0.15) is 15.4 Å². The van der Waals surface area contributed by atoms with E-state index in [1.54, 1.807) is 4.52 Å². The van der Waals surface area contributed by atoms with Crippen LogP contribution in [0.1, 0.15) is 51.1 Å². The first-order chi connectivity index (χ1) is 12.3. The maximum atomic E-state index is 14.1. The number of aromatic nitrogens is 3. The van der Waals surface area contributed by atoms with Crippen LogP contribution in [0.15, 0.2) is 18.8 Å². The minimum absolute atomic E-state index is 0.119. The van der Waals surface area contributed by atoms with Gasteiger partial charge in [0.15, 0.2) is 5.82 Å². The van der Waals surface area contributed by atoms with Gasteiger partial charge in [-0.15, -0.1) is 5.10 Å². The van der Waals surface area contributed by atoms with Gasteiger partial charge in [0.2, 0.25) is 5.95 Å². The van der Waals surface area contributed by atoms with E-state index >= 15 is 0 Å². The SMILES string of the molecule is C=C(CCC)c1cc(F)c2cnc(NC3CCC(S(C)(=O)=O)CC3)nn12. The van der Waals surface area contributed by atoms with Gasteiger partial charge in [0, 0.05) is 18.4 Å². The zero-order valence-corrected chi connectivity index (χ0v) is 16.0. The molecule has 2 aromatic heterocycles. The van der Waals surface area contributed by atoms with E-state index in [1.165, 1.54) is 18.5 Å². The molecule has 0 unspecified atom stereocenters. The van der Waals surface area contributed by atoms with E-state index < -0.39 is 9.84 Å². The third-order valence-electron chi connectivity index (χ3n) is 5.00. The van der Waals surface area contributed by atoms with Crippen LogP contribution in [0.2, 0.25) is 0 Å². The summed E-state index contributed by atoms with van der Waals surface area (Å²) in [7, 11) is -2.98. The van der Waals surface area contributed by atoms with Crippen LogP contribution >= 0.6 is 0 Å². The zero-order chi connectivity index (χ0) is 18.9. The number of hydrogen-bond donors (Lipinski definition) is 1. The van der Waals surface area contributed by atoms with Crippen LogP contribution in [-0.4, -0.2) is 40.6 Å². The molecule has 1 aliphatic carbocycles. The third kappa shape index (κ3) is 3.90. The van der Waals surface area contributed by atoms with Crippen molar-refractivity contribution >= 4 is 26.9 Å². The van der Waals surface area contributed by atoms with Gasteiger partial charge in [-0.2, -0.15) is 0 Å². The summed E-state index contributed by atoms with van der Waals surface area (Å²) in [5.74, 6) is 0.0546. The van der Waals surface area contributed by atoms with E-state index in [2.05, 4.69) is 22.0 Å². The molecule has 0 atom stereocenters. The van der Waals surface area contributed by atoms with E-state index in [4.69, 9.17) is 0 Å². The lowest BCUT2D eigenvalue weighted by Gasteiger charge is -2.27. The summed E-state index contributed by atoms with van der Waals surface area (Å²) in [6, 6.07) is 1.57. The molecule has 8 heteroatoms. The van der Waals surface area contributed by atoms with Crippen molar-refractivity contribution in [3.05, 3.63) is 30.4 Å². The lowest BCUT2D eigenvalue weighted by molar-refractivity contribution is 0.451. The quantitative estimate of drug-likeness (QED) is 0.831. The van der Waals surface area contributed by atoms with Crippen LogP contribution in [0.4, 0.5) is 10.3 Å². The van der Waals surface area contributed by atoms with Crippen LogP contribution in [-0.2, 0) is 9.84 Å². The van der Waals surface area contributed by atoms with Crippen molar-refractivity contribution in [1.29, 1.82) is 0 Å². The molecule has 0 aromatic carbocycles. The average Bonchev–Trinajstić information content (AvgIpc) is 2.91. The fourth-order valence-electron chi connectivity index (χ4n) is 3.52. The minimum Gasteiger partial charge on any atom is -0.350 e. The second-order valence-electron chi connectivity index (χ2n) is 7.06. The molecule has 1 aliphatic rings. The molecule has 142 valence electrons. The Kier molecular flexibility index (Phi) is 5.32. The first kappa shape index (κ1) is 18.8. The number of rotatable bonds is 6. The highest BCUT2D eigenvalue weighted by Crippen LogP contribution is 2.26. The summed E-state index contributed by atoms with van der Waals surface area (Å²) in [6.07, 6.45) is 7.22. The highest BCUT2D eigenvalue weighted by molar-refractivity contribution is 7.91. The summed E-state index contributed by atoms with van der Waals surface area (Å²) < 4.78 is 39.0. The van der Waals surface area contributed by atoms with Gasteiger partial charge in [-0.3, -0.25) is 0 Å². The van der Waals surface area contributed by atoms with Gasteiger partial charge in [0.25, 0.3) is 0 Å². The summed E-state index contributed by atoms with van der Waals surface area (Å²) >= 11 is 0. The second kappa shape index (κ2) is 7.34. The number of sulfone groups is 1. The molecule has 2 heterocycles. The highest BCUT2D eigenvalue weighted by Gasteiger charge is 2.28. The number of fused-ring (bicyclic) bond motifs is 1. The first-order valence-electron chi connectivity index (χ1n) is 8.97. The molecule has 2 aromatic rings. The number of nitrogens with one attached hydrogen (secondary N) is 1. The van der Waals surface area contributed by atoms with Gasteiger partial charge < -0.3 is 5.32 Å². The van der Waals surface area contributed by atoms with Crippen molar-refractivity contribution in [1.82, 2.24) is 14.6 Å². The number of halogens is 1. The number of nitrogens with zero attached hydrogens (tertiary/aromatic N) is 3. The summed E-state index contributed by atoms with van der Waals surface area (Å²) in [5.41, 5.74) is 1.82. The Morgan fingerprint density at radius 3 is 2.69 bits per heavy atom. The van der Waals surface area contributed by atoms with Crippen LogP contribution in [0.3, 0.4) is 0 Å². The van der Waals surface area contributed by atoms with Crippen molar-refractivity contribution in [2.24, 2.45) is 0 Å².